The number of carbonyl (C=O) groups is 1. The Hall–Kier alpha value is -2.64. The number of nitrogens with zero attached hydrogens (tertiary/aromatic N) is 2. The molecule has 1 N–H and O–H groups in total. The number of ether oxygens (including phenoxy) is 1. The van der Waals surface area contributed by atoms with Crippen LogP contribution in [0.1, 0.15) is 18.6 Å². The topological polar surface area (TPSA) is 56.1 Å². The van der Waals surface area contributed by atoms with Crippen LogP contribution in [0.2, 0.25) is 0 Å². The number of anilines is 1. The van der Waals surface area contributed by atoms with Crippen molar-refractivity contribution in [3.63, 3.8) is 0 Å². The van der Waals surface area contributed by atoms with E-state index in [9.17, 15) is 4.79 Å². The second kappa shape index (κ2) is 6.93. The molecule has 26 heavy (non-hydrogen) atoms. The molecule has 1 aromatic carbocycles. The van der Waals surface area contributed by atoms with Gasteiger partial charge in [-0.1, -0.05) is 30.3 Å². The molecule has 0 unspecified atom stereocenters. The summed E-state index contributed by atoms with van der Waals surface area (Å²) in [6.45, 7) is 1.85. The van der Waals surface area contributed by atoms with E-state index in [-0.39, 0.29) is 6.10 Å². The van der Waals surface area contributed by atoms with Gasteiger partial charge in [0, 0.05) is 21.3 Å². The molecule has 0 saturated carbocycles. The number of rotatable bonds is 4. The molecule has 0 bridgehead atoms. The van der Waals surface area contributed by atoms with E-state index < -0.39 is 6.09 Å². The van der Waals surface area contributed by atoms with Gasteiger partial charge in [-0.15, -0.1) is 22.7 Å². The lowest BCUT2D eigenvalue weighted by molar-refractivity contribution is 0.121. The minimum absolute atomic E-state index is 0.333. The van der Waals surface area contributed by atoms with Gasteiger partial charge < -0.3 is 4.74 Å². The first-order valence-corrected chi connectivity index (χ1v) is 9.83. The Labute approximate surface area is 158 Å². The predicted octanol–water partition coefficient (Wildman–Crippen LogP) is 5.67. The molecule has 0 aliphatic rings. The molecule has 1 atom stereocenters. The highest BCUT2D eigenvalue weighted by Gasteiger charge is 2.18. The van der Waals surface area contributed by atoms with E-state index >= 15 is 0 Å². The van der Waals surface area contributed by atoms with E-state index in [1.54, 1.807) is 40.6 Å². The maximum atomic E-state index is 12.4. The van der Waals surface area contributed by atoms with E-state index in [2.05, 4.69) is 27.9 Å². The molecule has 7 heteroatoms. The summed E-state index contributed by atoms with van der Waals surface area (Å²) in [4.78, 5) is 13.5. The molecule has 5 nitrogen and oxygen atoms in total. The lowest BCUT2D eigenvalue weighted by Crippen LogP contribution is -2.18. The zero-order valence-electron chi connectivity index (χ0n) is 14.3. The van der Waals surface area contributed by atoms with E-state index in [4.69, 9.17) is 4.74 Å². The summed E-state index contributed by atoms with van der Waals surface area (Å²) in [5.74, 6) is 0.629. The third-order valence-corrected chi connectivity index (χ3v) is 6.24. The molecule has 132 valence electrons. The first-order valence-electron chi connectivity index (χ1n) is 8.14. The van der Waals surface area contributed by atoms with Crippen molar-refractivity contribution in [1.82, 2.24) is 9.78 Å². The van der Waals surface area contributed by atoms with Gasteiger partial charge in [0.1, 0.15) is 11.9 Å². The summed E-state index contributed by atoms with van der Waals surface area (Å²) in [5, 5.41) is 9.22. The molecule has 1 amide bonds. The molecular formula is C19H17N3O2S2. The van der Waals surface area contributed by atoms with E-state index in [1.807, 2.05) is 37.3 Å². The summed E-state index contributed by atoms with van der Waals surface area (Å²) in [6.07, 6.45) is 0.940. The number of amides is 1. The van der Waals surface area contributed by atoms with Crippen LogP contribution in [0.5, 0.6) is 0 Å². The van der Waals surface area contributed by atoms with Gasteiger partial charge >= 0.3 is 6.09 Å². The number of aryl methyl sites for hydroxylation is 1. The molecule has 0 spiro atoms. The van der Waals surface area contributed by atoms with Crippen LogP contribution in [0.4, 0.5) is 10.6 Å². The van der Waals surface area contributed by atoms with Crippen LogP contribution in [0.25, 0.3) is 19.8 Å². The number of hydrogen-bond donors (Lipinski definition) is 1. The van der Waals surface area contributed by atoms with Crippen molar-refractivity contribution in [1.29, 1.82) is 0 Å². The van der Waals surface area contributed by atoms with E-state index in [0.29, 0.717) is 5.82 Å². The number of hydrogen-bond acceptors (Lipinski definition) is 5. The van der Waals surface area contributed by atoms with Gasteiger partial charge in [-0.05, 0) is 30.0 Å². The Morgan fingerprint density at radius 3 is 2.81 bits per heavy atom. The van der Waals surface area contributed by atoms with Crippen molar-refractivity contribution in [3.05, 3.63) is 59.6 Å². The Morgan fingerprint density at radius 1 is 1.23 bits per heavy atom. The van der Waals surface area contributed by atoms with Crippen LogP contribution in [-0.2, 0) is 11.8 Å². The molecule has 0 aliphatic heterocycles. The average molecular weight is 383 g/mol. The van der Waals surface area contributed by atoms with Crippen LogP contribution >= 0.6 is 22.7 Å². The van der Waals surface area contributed by atoms with Gasteiger partial charge in [0.25, 0.3) is 0 Å². The minimum Gasteiger partial charge on any atom is -0.441 e. The molecular weight excluding hydrogens is 366 g/mol. The van der Waals surface area contributed by atoms with Crippen molar-refractivity contribution in [2.75, 3.05) is 5.32 Å². The summed E-state index contributed by atoms with van der Waals surface area (Å²) in [6, 6.07) is 13.9. The fourth-order valence-corrected chi connectivity index (χ4v) is 4.86. The molecule has 0 fully saturated rings. The number of nitrogens with one attached hydrogen (secondary N) is 1. The second-order valence-corrected chi connectivity index (χ2v) is 7.90. The smallest absolute Gasteiger partial charge is 0.413 e. The Kier molecular flexibility index (Phi) is 4.48. The summed E-state index contributed by atoms with van der Waals surface area (Å²) in [5.41, 5.74) is 1.84. The first kappa shape index (κ1) is 16.8. The van der Waals surface area contributed by atoms with Gasteiger partial charge in [-0.25, -0.2) is 4.79 Å². The molecule has 3 aromatic heterocycles. The third-order valence-electron chi connectivity index (χ3n) is 4.12. The predicted molar refractivity (Wildman–Crippen MR) is 107 cm³/mol. The largest absolute Gasteiger partial charge is 0.441 e. The van der Waals surface area contributed by atoms with Gasteiger partial charge in [0.15, 0.2) is 0 Å². The van der Waals surface area contributed by atoms with Gasteiger partial charge in [-0.2, -0.15) is 5.10 Å². The summed E-state index contributed by atoms with van der Waals surface area (Å²) >= 11 is 3.39. The van der Waals surface area contributed by atoms with Gasteiger partial charge in [0.05, 0.1) is 11.8 Å². The second-order valence-electron chi connectivity index (χ2n) is 5.87. The molecule has 4 aromatic rings. The average Bonchev–Trinajstić information content (AvgIpc) is 3.31. The fraction of sp³-hybridized carbons (Fsp3) is 0.158. The number of thiophene rings is 2. The molecule has 4 rings (SSSR count). The van der Waals surface area contributed by atoms with E-state index in [0.717, 1.165) is 16.0 Å². The zero-order chi connectivity index (χ0) is 18.1. The normalized spacial score (nSPS) is 12.2. The molecule has 0 radical (unpaired) electrons. The standard InChI is InChI=1S/C19H17N3O2S2/c1-12(13-6-4-3-5-7-13)24-19(23)21-18-14(11-20-22(18)2)16-10-17-15(26-16)8-9-25-17/h3-12H,1-2H3,(H,21,23)/t12-/m1/s1. The van der Waals surface area contributed by atoms with Crippen LogP contribution < -0.4 is 5.32 Å². The lowest BCUT2D eigenvalue weighted by atomic mass is 10.1. The minimum atomic E-state index is -0.496. The lowest BCUT2D eigenvalue weighted by Gasteiger charge is -2.14. The zero-order valence-corrected chi connectivity index (χ0v) is 15.9. The highest BCUT2D eigenvalue weighted by molar-refractivity contribution is 7.28. The number of aromatic nitrogens is 2. The molecule has 0 saturated heterocycles. The van der Waals surface area contributed by atoms with Crippen molar-refractivity contribution in [2.45, 2.75) is 13.0 Å². The Bertz CT molecular complexity index is 1020. The number of fused-ring (bicyclic) bond motifs is 1. The molecule has 3 heterocycles. The summed E-state index contributed by atoms with van der Waals surface area (Å²) in [7, 11) is 1.80. The van der Waals surface area contributed by atoms with Crippen molar-refractivity contribution in [2.24, 2.45) is 7.05 Å². The Balaban J connectivity index is 1.54. The monoisotopic (exact) mass is 383 g/mol. The van der Waals surface area contributed by atoms with Crippen LogP contribution in [0, 0.1) is 0 Å². The van der Waals surface area contributed by atoms with Crippen LogP contribution in [-0.4, -0.2) is 15.9 Å². The Morgan fingerprint density at radius 2 is 2.04 bits per heavy atom. The first-order chi connectivity index (χ1) is 12.6. The SMILES string of the molecule is C[C@@H](OC(=O)Nc1c(-c2cc3sccc3s2)cnn1C)c1ccccc1. The van der Waals surface area contributed by atoms with Crippen LogP contribution in [0.15, 0.2) is 54.0 Å². The van der Waals surface area contributed by atoms with E-state index in [1.165, 1.54) is 9.40 Å². The van der Waals surface area contributed by atoms with Crippen molar-refractivity contribution in [3.8, 4) is 10.4 Å². The van der Waals surface area contributed by atoms with Crippen molar-refractivity contribution >= 4 is 44.0 Å². The fourth-order valence-electron chi connectivity index (χ4n) is 2.74. The van der Waals surface area contributed by atoms with Crippen molar-refractivity contribution < 1.29 is 9.53 Å². The quantitative estimate of drug-likeness (QED) is 0.494. The molecule has 0 aliphatic carbocycles. The highest BCUT2D eigenvalue weighted by atomic mass is 32.1. The van der Waals surface area contributed by atoms with Gasteiger partial charge in [0.2, 0.25) is 0 Å². The maximum Gasteiger partial charge on any atom is 0.413 e. The summed E-state index contributed by atoms with van der Waals surface area (Å²) < 4.78 is 9.64. The third kappa shape index (κ3) is 3.23. The number of benzene rings is 1. The highest BCUT2D eigenvalue weighted by Crippen LogP contribution is 2.39. The maximum absolute atomic E-state index is 12.4. The van der Waals surface area contributed by atoms with Gasteiger partial charge in [-0.3, -0.25) is 10.00 Å². The number of carbonyl (C=O) groups excluding carboxylic acids is 1. The van der Waals surface area contributed by atoms with Crippen LogP contribution in [0.3, 0.4) is 0 Å².